The van der Waals surface area contributed by atoms with Crippen LogP contribution in [0.5, 0.6) is 0 Å². The van der Waals surface area contributed by atoms with E-state index in [0.717, 1.165) is 12.8 Å². The van der Waals surface area contributed by atoms with Crippen LogP contribution in [0, 0.1) is 13.8 Å². The Bertz CT molecular complexity index is 1380. The number of benzene rings is 2. The van der Waals surface area contributed by atoms with E-state index in [9.17, 15) is 0 Å². The first kappa shape index (κ1) is 36.1. The van der Waals surface area contributed by atoms with Gasteiger partial charge >= 0.3 is 26.2 Å². The molecule has 0 aliphatic rings. The maximum atomic E-state index is 2.50. The van der Waals surface area contributed by atoms with E-state index >= 15 is 0 Å². The van der Waals surface area contributed by atoms with Crippen molar-refractivity contribution in [1.29, 1.82) is 0 Å². The smallest absolute Gasteiger partial charge is 1.00 e. The van der Waals surface area contributed by atoms with Crippen LogP contribution in [-0.2, 0) is 32.6 Å². The van der Waals surface area contributed by atoms with E-state index in [1.165, 1.54) is 49.5 Å². The summed E-state index contributed by atoms with van der Waals surface area (Å²) < 4.78 is 0. The Balaban J connectivity index is 0.00000253. The molecule has 0 fully saturated rings. The van der Waals surface area contributed by atoms with E-state index in [4.69, 9.17) is 0 Å². The summed E-state index contributed by atoms with van der Waals surface area (Å²) in [7, 11) is 0. The third-order valence-corrected chi connectivity index (χ3v) is 8.59. The zero-order valence-corrected chi connectivity index (χ0v) is 30.0. The summed E-state index contributed by atoms with van der Waals surface area (Å²) in [6.07, 6.45) is 2.28. The Kier molecular flexibility index (Phi) is 13.3. The van der Waals surface area contributed by atoms with Gasteiger partial charge in [0.1, 0.15) is 0 Å². The molecule has 0 heterocycles. The Morgan fingerprint density at radius 2 is 1.05 bits per heavy atom. The number of fused-ring (bicyclic) bond motifs is 2. The van der Waals surface area contributed by atoms with Crippen LogP contribution in [0.1, 0.15) is 143 Å². The Morgan fingerprint density at radius 3 is 1.49 bits per heavy atom. The largest absolute Gasteiger partial charge is 4.00 e. The number of hydrogen-bond donors (Lipinski definition) is 0. The van der Waals surface area contributed by atoms with Crippen LogP contribution >= 0.6 is 0 Å². The molecule has 0 saturated carbocycles. The fourth-order valence-electron chi connectivity index (χ4n) is 6.40. The second kappa shape index (κ2) is 14.3. The van der Waals surface area contributed by atoms with Gasteiger partial charge in [-0.25, -0.2) is 0 Å². The molecule has 3 heteroatoms. The number of hydrogen-bond acceptors (Lipinski definition) is 0. The van der Waals surface area contributed by atoms with Crippen LogP contribution in [0.2, 0.25) is 0 Å². The van der Waals surface area contributed by atoms with Crippen LogP contribution in [0.15, 0.2) is 36.4 Å². The number of halogens is 2. The molecule has 4 aromatic carbocycles. The SMILES string of the molecule is CCC(Cc1c(C)[cH-]c2cc(C(C)C)cc(C(C)C)c12)c1c(C)[cH-]c2cc(C(C)C)cc(C(C)C)c12.[Cl-].[Cl-].[Zr+4]. The van der Waals surface area contributed by atoms with E-state index in [2.05, 4.69) is 113 Å². The van der Waals surface area contributed by atoms with Crippen molar-refractivity contribution in [2.24, 2.45) is 0 Å². The fourth-order valence-corrected chi connectivity index (χ4v) is 6.40. The molecular weight excluding hydrogens is 595 g/mol. The summed E-state index contributed by atoms with van der Waals surface area (Å²) in [6, 6.07) is 14.8. The normalized spacial score (nSPS) is 12.4. The van der Waals surface area contributed by atoms with E-state index in [0.29, 0.717) is 29.6 Å². The van der Waals surface area contributed by atoms with Gasteiger partial charge in [-0.3, -0.25) is 0 Å². The summed E-state index contributed by atoms with van der Waals surface area (Å²) in [5, 5.41) is 5.97. The van der Waals surface area contributed by atoms with Crippen molar-refractivity contribution in [3.63, 3.8) is 0 Å². The van der Waals surface area contributed by atoms with Crippen LogP contribution in [-0.4, -0.2) is 0 Å². The molecule has 0 aromatic heterocycles. The molecule has 0 amide bonds. The first-order valence-corrected chi connectivity index (χ1v) is 14.4. The summed E-state index contributed by atoms with van der Waals surface area (Å²) in [6.45, 7) is 25.8. The molecule has 0 N–H and O–H groups in total. The van der Waals surface area contributed by atoms with Gasteiger partial charge in [-0.2, -0.15) is 5.56 Å². The summed E-state index contributed by atoms with van der Waals surface area (Å²) >= 11 is 0. The monoisotopic (exact) mass is 640 g/mol. The van der Waals surface area contributed by atoms with Crippen molar-refractivity contribution in [3.05, 3.63) is 80.9 Å². The summed E-state index contributed by atoms with van der Waals surface area (Å²) in [4.78, 5) is 0. The minimum Gasteiger partial charge on any atom is -1.00 e. The third kappa shape index (κ3) is 6.96. The molecule has 4 aromatic rings. The van der Waals surface area contributed by atoms with E-state index in [1.54, 1.807) is 16.5 Å². The van der Waals surface area contributed by atoms with Crippen LogP contribution in [0.3, 0.4) is 0 Å². The molecule has 0 aliphatic heterocycles. The van der Waals surface area contributed by atoms with Crippen molar-refractivity contribution < 1.29 is 51.0 Å². The van der Waals surface area contributed by atoms with Gasteiger partial charge in [0.2, 0.25) is 0 Å². The first-order chi connectivity index (χ1) is 16.9. The predicted molar refractivity (Wildman–Crippen MR) is 162 cm³/mol. The fraction of sp³-hybridized carbons (Fsp3) is 0.500. The van der Waals surface area contributed by atoms with E-state index < -0.39 is 0 Å². The van der Waals surface area contributed by atoms with Gasteiger partial charge in [0.05, 0.1) is 0 Å². The quantitative estimate of drug-likeness (QED) is 0.230. The van der Waals surface area contributed by atoms with E-state index in [-0.39, 0.29) is 51.0 Å². The second-order valence-electron chi connectivity index (χ2n) is 12.6. The zero-order valence-electron chi connectivity index (χ0n) is 26.0. The molecule has 0 aliphatic carbocycles. The third-order valence-electron chi connectivity index (χ3n) is 8.59. The minimum absolute atomic E-state index is 0. The van der Waals surface area contributed by atoms with Crippen molar-refractivity contribution in [2.45, 2.75) is 119 Å². The average Bonchev–Trinajstić information content (AvgIpc) is 3.30. The Morgan fingerprint density at radius 1 is 0.615 bits per heavy atom. The zero-order chi connectivity index (χ0) is 26.5. The topological polar surface area (TPSA) is 0 Å². The van der Waals surface area contributed by atoms with Gasteiger partial charge in [-0.1, -0.05) is 129 Å². The van der Waals surface area contributed by atoms with Gasteiger partial charge in [0.25, 0.3) is 0 Å². The van der Waals surface area contributed by atoms with Crippen LogP contribution < -0.4 is 24.8 Å². The Hall–Kier alpha value is -0.877. The van der Waals surface area contributed by atoms with Crippen molar-refractivity contribution in [3.8, 4) is 0 Å². The van der Waals surface area contributed by atoms with Crippen molar-refractivity contribution in [1.82, 2.24) is 0 Å². The van der Waals surface area contributed by atoms with Crippen molar-refractivity contribution in [2.75, 3.05) is 0 Å². The molecule has 4 rings (SSSR count). The first-order valence-electron chi connectivity index (χ1n) is 14.4. The average molecular weight is 643 g/mol. The molecule has 210 valence electrons. The number of aryl methyl sites for hydroxylation is 2. The standard InChI is InChI=1S/C36H48.2ClH.Zr/c1-12-26(34-25(11)14-30-16-28(21(4)5)19-32(23(8)9)36(30)34)17-33-24(10)13-29-15-27(20(2)3)18-31(22(6)7)35(29)33;;;/h13-16,18-23,26H,12,17H2,1-11H3;2*1H;/q-2;;;+4/p-2. The molecule has 1 unspecified atom stereocenters. The Labute approximate surface area is 270 Å². The maximum Gasteiger partial charge on any atom is 4.00 e. The molecule has 0 nitrogen and oxygen atoms in total. The minimum atomic E-state index is 0. The van der Waals surface area contributed by atoms with E-state index in [1.807, 2.05) is 0 Å². The van der Waals surface area contributed by atoms with Crippen LogP contribution in [0.4, 0.5) is 0 Å². The van der Waals surface area contributed by atoms with Crippen LogP contribution in [0.25, 0.3) is 21.5 Å². The van der Waals surface area contributed by atoms with Gasteiger partial charge in [0.15, 0.2) is 0 Å². The molecular formula is C36H48Cl2Zr. The molecule has 0 radical (unpaired) electrons. The second-order valence-corrected chi connectivity index (χ2v) is 12.6. The molecule has 39 heavy (non-hydrogen) atoms. The van der Waals surface area contributed by atoms with Gasteiger partial charge in [-0.05, 0) is 23.7 Å². The predicted octanol–water partition coefficient (Wildman–Crippen LogP) is 5.28. The number of rotatable bonds is 8. The molecule has 0 spiro atoms. The summed E-state index contributed by atoms with van der Waals surface area (Å²) in [5.74, 6) is 2.68. The molecule has 1 atom stereocenters. The maximum absolute atomic E-state index is 2.50. The molecule has 0 saturated heterocycles. The van der Waals surface area contributed by atoms with Gasteiger partial charge in [0, 0.05) is 0 Å². The van der Waals surface area contributed by atoms with Gasteiger partial charge in [-0.15, -0.1) is 62.5 Å². The van der Waals surface area contributed by atoms with Crippen molar-refractivity contribution >= 4 is 21.5 Å². The molecule has 0 bridgehead atoms. The van der Waals surface area contributed by atoms with Gasteiger partial charge < -0.3 is 24.8 Å². The summed E-state index contributed by atoms with van der Waals surface area (Å²) in [5.41, 5.74) is 12.1.